The molecule has 0 saturated carbocycles. The van der Waals surface area contributed by atoms with Crippen LogP contribution in [-0.2, 0) is 9.47 Å². The molecule has 2 aromatic rings. The number of nitrogens with zero attached hydrogens (tertiary/aromatic N) is 2. The fourth-order valence-corrected chi connectivity index (χ4v) is 3.56. The van der Waals surface area contributed by atoms with Crippen molar-refractivity contribution in [2.75, 3.05) is 51.0 Å². The van der Waals surface area contributed by atoms with Gasteiger partial charge >= 0.3 is 0 Å². The van der Waals surface area contributed by atoms with Crippen molar-refractivity contribution >= 4 is 11.7 Å². The van der Waals surface area contributed by atoms with Gasteiger partial charge in [0.25, 0.3) is 5.91 Å². The standard InChI is InChI=1S/C20H25N3O4/c24-20(21-13-15-5-4-10-26-14-15)17-18(16-6-2-1-3-7-16)27-22-19(17)23-8-11-25-12-9-23/h1-3,6-7,15H,4-5,8-14H2,(H,21,24). The van der Waals surface area contributed by atoms with E-state index in [2.05, 4.69) is 15.4 Å². The summed E-state index contributed by atoms with van der Waals surface area (Å²) in [5.41, 5.74) is 1.34. The second-order valence-corrected chi connectivity index (χ2v) is 6.97. The molecule has 1 atom stereocenters. The van der Waals surface area contributed by atoms with Gasteiger partial charge in [-0.3, -0.25) is 4.79 Å². The largest absolute Gasteiger partial charge is 0.381 e. The minimum Gasteiger partial charge on any atom is -0.381 e. The fourth-order valence-electron chi connectivity index (χ4n) is 3.56. The molecule has 27 heavy (non-hydrogen) atoms. The van der Waals surface area contributed by atoms with Gasteiger partial charge in [-0.05, 0) is 18.8 Å². The molecule has 2 aliphatic heterocycles. The number of morpholine rings is 1. The van der Waals surface area contributed by atoms with Crippen LogP contribution in [0.1, 0.15) is 23.2 Å². The SMILES string of the molecule is O=C(NCC1CCCOC1)c1c(N2CCOCC2)noc1-c1ccccc1. The van der Waals surface area contributed by atoms with Crippen molar-refractivity contribution in [3.05, 3.63) is 35.9 Å². The number of rotatable bonds is 5. The van der Waals surface area contributed by atoms with Crippen LogP contribution in [0.2, 0.25) is 0 Å². The molecule has 1 N–H and O–H groups in total. The molecule has 2 saturated heterocycles. The smallest absolute Gasteiger partial charge is 0.259 e. The molecule has 0 aliphatic carbocycles. The van der Waals surface area contributed by atoms with Gasteiger partial charge in [0.05, 0.1) is 19.8 Å². The Kier molecular flexibility index (Phi) is 5.69. The lowest BCUT2D eigenvalue weighted by Gasteiger charge is -2.27. The highest BCUT2D eigenvalue weighted by Crippen LogP contribution is 2.31. The number of ether oxygens (including phenoxy) is 2. The number of nitrogens with one attached hydrogen (secondary N) is 1. The first-order chi connectivity index (χ1) is 13.3. The Labute approximate surface area is 158 Å². The average molecular weight is 371 g/mol. The Balaban J connectivity index is 1.59. The lowest BCUT2D eigenvalue weighted by Crippen LogP contribution is -2.38. The Hall–Kier alpha value is -2.38. The van der Waals surface area contributed by atoms with Crippen LogP contribution >= 0.6 is 0 Å². The van der Waals surface area contributed by atoms with Crippen LogP contribution < -0.4 is 10.2 Å². The van der Waals surface area contributed by atoms with Crippen molar-refractivity contribution in [2.24, 2.45) is 5.92 Å². The van der Waals surface area contributed by atoms with Crippen LogP contribution in [0.4, 0.5) is 5.82 Å². The molecule has 1 amide bonds. The molecular formula is C20H25N3O4. The minimum atomic E-state index is -0.151. The molecule has 3 heterocycles. The summed E-state index contributed by atoms with van der Waals surface area (Å²) in [4.78, 5) is 15.1. The van der Waals surface area contributed by atoms with Crippen molar-refractivity contribution in [3.8, 4) is 11.3 Å². The fraction of sp³-hybridized carbons (Fsp3) is 0.500. The number of carbonyl (C=O) groups is 1. The van der Waals surface area contributed by atoms with Gasteiger partial charge in [-0.1, -0.05) is 35.5 Å². The minimum absolute atomic E-state index is 0.151. The number of aromatic nitrogens is 1. The van der Waals surface area contributed by atoms with E-state index in [0.717, 1.165) is 25.0 Å². The lowest BCUT2D eigenvalue weighted by molar-refractivity contribution is 0.0536. The number of benzene rings is 1. The van der Waals surface area contributed by atoms with Crippen LogP contribution in [0.25, 0.3) is 11.3 Å². The van der Waals surface area contributed by atoms with E-state index in [-0.39, 0.29) is 5.91 Å². The van der Waals surface area contributed by atoms with Gasteiger partial charge < -0.3 is 24.2 Å². The molecule has 0 radical (unpaired) electrons. The van der Waals surface area contributed by atoms with Crippen LogP contribution in [0.5, 0.6) is 0 Å². The van der Waals surface area contributed by atoms with Gasteiger partial charge in [0, 0.05) is 31.8 Å². The molecule has 7 nitrogen and oxygen atoms in total. The first-order valence-electron chi connectivity index (χ1n) is 9.56. The van der Waals surface area contributed by atoms with Crippen LogP contribution in [-0.4, -0.2) is 57.1 Å². The van der Waals surface area contributed by atoms with Crippen molar-refractivity contribution < 1.29 is 18.8 Å². The van der Waals surface area contributed by atoms with Crippen LogP contribution in [0.15, 0.2) is 34.9 Å². The third-order valence-corrected chi connectivity index (χ3v) is 5.05. The van der Waals surface area contributed by atoms with Crippen LogP contribution in [0.3, 0.4) is 0 Å². The molecule has 0 bridgehead atoms. The van der Waals surface area contributed by atoms with E-state index in [0.29, 0.717) is 62.5 Å². The van der Waals surface area contributed by atoms with Crippen molar-refractivity contribution in [3.63, 3.8) is 0 Å². The normalized spacial score (nSPS) is 20.4. The van der Waals surface area contributed by atoms with Crippen molar-refractivity contribution in [1.29, 1.82) is 0 Å². The average Bonchev–Trinajstić information content (AvgIpc) is 3.19. The van der Waals surface area contributed by atoms with Gasteiger partial charge in [0.15, 0.2) is 11.6 Å². The molecule has 144 valence electrons. The Morgan fingerprint density at radius 2 is 1.96 bits per heavy atom. The third kappa shape index (κ3) is 4.14. The van der Waals surface area contributed by atoms with Gasteiger partial charge in [-0.2, -0.15) is 0 Å². The summed E-state index contributed by atoms with van der Waals surface area (Å²) in [6.07, 6.45) is 2.12. The van der Waals surface area contributed by atoms with E-state index < -0.39 is 0 Å². The maximum atomic E-state index is 13.1. The zero-order chi connectivity index (χ0) is 18.5. The first-order valence-corrected chi connectivity index (χ1v) is 9.56. The second-order valence-electron chi connectivity index (χ2n) is 6.97. The van der Waals surface area contributed by atoms with Crippen molar-refractivity contribution in [2.45, 2.75) is 12.8 Å². The topological polar surface area (TPSA) is 76.8 Å². The number of carbonyl (C=O) groups excluding carboxylic acids is 1. The predicted octanol–water partition coefficient (Wildman–Crippen LogP) is 2.33. The molecule has 0 spiro atoms. The molecule has 2 aliphatic rings. The van der Waals surface area contributed by atoms with E-state index in [1.807, 2.05) is 30.3 Å². The maximum Gasteiger partial charge on any atom is 0.259 e. The zero-order valence-electron chi connectivity index (χ0n) is 15.4. The van der Waals surface area contributed by atoms with Gasteiger partial charge in [0.1, 0.15) is 5.56 Å². The summed E-state index contributed by atoms with van der Waals surface area (Å²) in [5.74, 6) is 1.31. The third-order valence-electron chi connectivity index (χ3n) is 5.05. The molecule has 1 aromatic heterocycles. The first kappa shape index (κ1) is 18.0. The van der Waals surface area contributed by atoms with Gasteiger partial charge in [0.2, 0.25) is 0 Å². The molecule has 4 rings (SSSR count). The van der Waals surface area contributed by atoms with Gasteiger partial charge in [-0.15, -0.1) is 0 Å². The molecule has 1 aromatic carbocycles. The van der Waals surface area contributed by atoms with E-state index in [1.54, 1.807) is 0 Å². The Morgan fingerprint density at radius 3 is 2.70 bits per heavy atom. The Bertz CT molecular complexity index is 750. The monoisotopic (exact) mass is 371 g/mol. The van der Waals surface area contributed by atoms with E-state index >= 15 is 0 Å². The lowest BCUT2D eigenvalue weighted by atomic mass is 10.0. The highest BCUT2D eigenvalue weighted by atomic mass is 16.5. The summed E-state index contributed by atoms with van der Waals surface area (Å²) in [5, 5.41) is 7.31. The molecular weight excluding hydrogens is 346 g/mol. The second kappa shape index (κ2) is 8.54. The van der Waals surface area contributed by atoms with E-state index in [9.17, 15) is 4.79 Å². The Morgan fingerprint density at radius 1 is 1.15 bits per heavy atom. The van der Waals surface area contributed by atoms with E-state index in [1.165, 1.54) is 0 Å². The number of hydrogen-bond acceptors (Lipinski definition) is 6. The number of hydrogen-bond donors (Lipinski definition) is 1. The van der Waals surface area contributed by atoms with Crippen molar-refractivity contribution in [1.82, 2.24) is 10.5 Å². The summed E-state index contributed by atoms with van der Waals surface area (Å²) in [7, 11) is 0. The highest BCUT2D eigenvalue weighted by molar-refractivity contribution is 6.04. The van der Waals surface area contributed by atoms with Crippen LogP contribution in [0, 0.1) is 5.92 Å². The van der Waals surface area contributed by atoms with Gasteiger partial charge in [-0.25, -0.2) is 0 Å². The quantitative estimate of drug-likeness (QED) is 0.869. The number of amides is 1. The summed E-state index contributed by atoms with van der Waals surface area (Å²) >= 11 is 0. The zero-order valence-corrected chi connectivity index (χ0v) is 15.4. The summed E-state index contributed by atoms with van der Waals surface area (Å²) < 4.78 is 16.6. The summed E-state index contributed by atoms with van der Waals surface area (Å²) in [6, 6.07) is 9.64. The number of anilines is 1. The maximum absolute atomic E-state index is 13.1. The van der Waals surface area contributed by atoms with E-state index in [4.69, 9.17) is 14.0 Å². The molecule has 7 heteroatoms. The molecule has 2 fully saturated rings. The highest BCUT2D eigenvalue weighted by Gasteiger charge is 2.29. The molecule has 1 unspecified atom stereocenters. The predicted molar refractivity (Wildman–Crippen MR) is 101 cm³/mol. The summed E-state index contributed by atoms with van der Waals surface area (Å²) in [6.45, 7) is 4.74.